The van der Waals surface area contributed by atoms with Crippen LogP contribution in [0.4, 0.5) is 0 Å². The van der Waals surface area contributed by atoms with Crippen LogP contribution < -0.4 is 10.6 Å². The first kappa shape index (κ1) is 18.1. The number of hydrogen-bond donors (Lipinski definition) is 2. The van der Waals surface area contributed by atoms with Crippen LogP contribution in [0.15, 0.2) is 46.9 Å². The lowest BCUT2D eigenvalue weighted by Crippen LogP contribution is -2.37. The van der Waals surface area contributed by atoms with Gasteiger partial charge in [-0.3, -0.25) is 4.79 Å². The van der Waals surface area contributed by atoms with Crippen LogP contribution in [0, 0.1) is 0 Å². The molecule has 0 bridgehead atoms. The summed E-state index contributed by atoms with van der Waals surface area (Å²) >= 11 is 5.03. The second-order valence-electron chi connectivity index (χ2n) is 6.46. The molecule has 1 amide bonds. The van der Waals surface area contributed by atoms with Gasteiger partial charge in [0.15, 0.2) is 10.7 Å². The summed E-state index contributed by atoms with van der Waals surface area (Å²) in [6, 6.07) is 14.0. The summed E-state index contributed by atoms with van der Waals surface area (Å²) in [7, 11) is 0. The second kappa shape index (κ2) is 7.66. The summed E-state index contributed by atoms with van der Waals surface area (Å²) < 4.78 is 5.88. The molecule has 0 radical (unpaired) electrons. The third kappa shape index (κ3) is 4.26. The second-order valence-corrected chi connectivity index (χ2v) is 6.87. The van der Waals surface area contributed by atoms with Gasteiger partial charge in [0.2, 0.25) is 11.8 Å². The molecule has 0 saturated carbocycles. The molecule has 0 unspecified atom stereocenters. The minimum absolute atomic E-state index is 0.186. The van der Waals surface area contributed by atoms with E-state index in [4.69, 9.17) is 16.6 Å². The number of hydrogen-bond acceptors (Lipinski definition) is 4. The molecule has 1 heterocycles. The maximum Gasteiger partial charge on any atom is 0.227 e. The first-order valence-corrected chi connectivity index (χ1v) is 8.88. The topological polar surface area (TPSA) is 67.2 Å². The van der Waals surface area contributed by atoms with Crippen molar-refractivity contribution in [3.8, 4) is 11.5 Å². The third-order valence-corrected chi connectivity index (χ3v) is 4.27. The molecule has 26 heavy (non-hydrogen) atoms. The van der Waals surface area contributed by atoms with Gasteiger partial charge in [-0.2, -0.15) is 0 Å². The average Bonchev–Trinajstić information content (AvgIpc) is 3.03. The van der Waals surface area contributed by atoms with E-state index < -0.39 is 0 Å². The van der Waals surface area contributed by atoms with Crippen molar-refractivity contribution >= 4 is 34.3 Å². The van der Waals surface area contributed by atoms with Gasteiger partial charge in [-0.1, -0.05) is 32.0 Å². The van der Waals surface area contributed by atoms with Crippen LogP contribution in [0.25, 0.3) is 22.6 Å². The van der Waals surface area contributed by atoms with Crippen molar-refractivity contribution < 1.29 is 9.21 Å². The van der Waals surface area contributed by atoms with Crippen molar-refractivity contribution in [1.82, 2.24) is 15.6 Å². The quantitative estimate of drug-likeness (QED) is 0.679. The molecule has 2 N–H and O–H groups in total. The van der Waals surface area contributed by atoms with Crippen LogP contribution in [0.1, 0.15) is 37.8 Å². The minimum atomic E-state index is -0.186. The van der Waals surface area contributed by atoms with E-state index in [2.05, 4.69) is 41.6 Å². The van der Waals surface area contributed by atoms with Gasteiger partial charge >= 0.3 is 0 Å². The van der Waals surface area contributed by atoms with Crippen molar-refractivity contribution in [1.29, 1.82) is 0 Å². The monoisotopic (exact) mass is 367 g/mol. The first-order valence-electron chi connectivity index (χ1n) is 8.47. The molecule has 0 aliphatic heterocycles. The third-order valence-electron chi connectivity index (χ3n) is 4.02. The van der Waals surface area contributed by atoms with Gasteiger partial charge in [0.1, 0.15) is 5.52 Å². The molecule has 2 aromatic carbocycles. The van der Waals surface area contributed by atoms with E-state index in [1.807, 2.05) is 30.3 Å². The van der Waals surface area contributed by atoms with Gasteiger partial charge in [-0.15, -0.1) is 0 Å². The van der Waals surface area contributed by atoms with E-state index in [-0.39, 0.29) is 5.91 Å². The molecule has 0 spiro atoms. The van der Waals surface area contributed by atoms with Crippen LogP contribution in [-0.2, 0) is 11.3 Å². The molecule has 0 aliphatic carbocycles. The molecule has 134 valence electrons. The van der Waals surface area contributed by atoms with Gasteiger partial charge < -0.3 is 15.1 Å². The van der Waals surface area contributed by atoms with Crippen LogP contribution in [0.2, 0.25) is 0 Å². The van der Waals surface area contributed by atoms with Crippen molar-refractivity contribution in [2.75, 3.05) is 0 Å². The van der Waals surface area contributed by atoms with Gasteiger partial charge in [0, 0.05) is 19.0 Å². The molecule has 3 rings (SSSR count). The highest BCUT2D eigenvalue weighted by Gasteiger charge is 2.10. The minimum Gasteiger partial charge on any atom is -0.436 e. The zero-order valence-electron chi connectivity index (χ0n) is 15.0. The molecule has 6 heteroatoms. The summed E-state index contributed by atoms with van der Waals surface area (Å²) in [4.78, 5) is 15.6. The number of carbonyl (C=O) groups excluding carboxylic acids is 1. The summed E-state index contributed by atoms with van der Waals surface area (Å²) in [5.74, 6) is 0.874. The SMILES string of the molecule is CC(=O)NC(=S)NCc1ccc(-c2nc3cc(C(C)C)ccc3o2)cc1. The summed E-state index contributed by atoms with van der Waals surface area (Å²) in [5, 5.41) is 5.84. The van der Waals surface area contributed by atoms with Crippen LogP contribution >= 0.6 is 12.2 Å². The Hall–Kier alpha value is -2.73. The molecule has 0 aliphatic rings. The Morgan fingerprint density at radius 3 is 2.58 bits per heavy atom. The zero-order valence-corrected chi connectivity index (χ0v) is 15.8. The number of amides is 1. The van der Waals surface area contributed by atoms with Crippen LogP contribution in [-0.4, -0.2) is 16.0 Å². The average molecular weight is 367 g/mol. The van der Waals surface area contributed by atoms with E-state index in [1.165, 1.54) is 12.5 Å². The highest BCUT2D eigenvalue weighted by molar-refractivity contribution is 7.80. The van der Waals surface area contributed by atoms with Gasteiger partial charge in [0.25, 0.3) is 0 Å². The van der Waals surface area contributed by atoms with Crippen LogP contribution in [0.5, 0.6) is 0 Å². The number of rotatable bonds is 4. The zero-order chi connectivity index (χ0) is 18.7. The van der Waals surface area contributed by atoms with Gasteiger partial charge in [0.05, 0.1) is 0 Å². The van der Waals surface area contributed by atoms with E-state index in [9.17, 15) is 4.79 Å². The van der Waals surface area contributed by atoms with Crippen molar-refractivity contribution in [3.05, 3.63) is 53.6 Å². The number of fused-ring (bicyclic) bond motifs is 1. The Labute approximate surface area is 157 Å². The predicted octanol–water partition coefficient (Wildman–Crippen LogP) is 4.13. The van der Waals surface area contributed by atoms with Crippen molar-refractivity contribution in [2.45, 2.75) is 33.2 Å². The van der Waals surface area contributed by atoms with E-state index in [0.29, 0.717) is 23.5 Å². The van der Waals surface area contributed by atoms with Gasteiger partial charge in [-0.05, 0) is 53.5 Å². The lowest BCUT2D eigenvalue weighted by atomic mass is 10.0. The molecule has 1 aromatic heterocycles. The van der Waals surface area contributed by atoms with Gasteiger partial charge in [-0.25, -0.2) is 4.98 Å². The lowest BCUT2D eigenvalue weighted by Gasteiger charge is -2.08. The fraction of sp³-hybridized carbons (Fsp3) is 0.250. The number of carbonyl (C=O) groups is 1. The molecule has 5 nitrogen and oxygen atoms in total. The Bertz CT molecular complexity index is 945. The lowest BCUT2D eigenvalue weighted by molar-refractivity contribution is -0.117. The summed E-state index contributed by atoms with van der Waals surface area (Å²) in [6.45, 7) is 6.27. The number of nitrogens with zero attached hydrogens (tertiary/aromatic N) is 1. The molecule has 0 fully saturated rings. The number of aromatic nitrogens is 1. The number of oxazole rings is 1. The maximum absolute atomic E-state index is 10.9. The number of nitrogens with one attached hydrogen (secondary N) is 2. The summed E-state index contributed by atoms with van der Waals surface area (Å²) in [6.07, 6.45) is 0. The number of benzene rings is 2. The van der Waals surface area contributed by atoms with E-state index in [1.54, 1.807) is 0 Å². The maximum atomic E-state index is 10.9. The Kier molecular flexibility index (Phi) is 5.32. The fourth-order valence-electron chi connectivity index (χ4n) is 2.58. The first-order chi connectivity index (χ1) is 12.4. The summed E-state index contributed by atoms with van der Waals surface area (Å²) in [5.41, 5.74) is 4.86. The number of thiocarbonyl (C=S) groups is 1. The largest absolute Gasteiger partial charge is 0.436 e. The standard InChI is InChI=1S/C20H21N3O2S/c1-12(2)16-8-9-18-17(10-16)23-19(25-18)15-6-4-14(5-7-15)11-21-20(26)22-13(3)24/h4-10,12H,11H2,1-3H3,(H2,21,22,24,26). The molecule has 3 aromatic rings. The van der Waals surface area contributed by atoms with Crippen molar-refractivity contribution in [3.63, 3.8) is 0 Å². The molecule has 0 atom stereocenters. The highest BCUT2D eigenvalue weighted by atomic mass is 32.1. The molecule has 0 saturated heterocycles. The Morgan fingerprint density at radius 1 is 1.19 bits per heavy atom. The molecular formula is C20H21N3O2S. The fourth-order valence-corrected chi connectivity index (χ4v) is 2.79. The normalized spacial score (nSPS) is 10.9. The van der Waals surface area contributed by atoms with E-state index in [0.717, 1.165) is 22.2 Å². The van der Waals surface area contributed by atoms with Crippen LogP contribution in [0.3, 0.4) is 0 Å². The molecular weight excluding hydrogens is 346 g/mol. The smallest absolute Gasteiger partial charge is 0.227 e. The Morgan fingerprint density at radius 2 is 1.92 bits per heavy atom. The predicted molar refractivity (Wildman–Crippen MR) is 107 cm³/mol. The van der Waals surface area contributed by atoms with Crippen molar-refractivity contribution in [2.24, 2.45) is 0 Å². The Balaban J connectivity index is 1.73. The highest BCUT2D eigenvalue weighted by Crippen LogP contribution is 2.27. The van der Waals surface area contributed by atoms with E-state index >= 15 is 0 Å².